The van der Waals surface area contributed by atoms with Crippen LogP contribution in [-0.4, -0.2) is 47.7 Å². The smallest absolute Gasteiger partial charge is 0.257 e. The second-order valence-corrected chi connectivity index (χ2v) is 9.26. The van der Waals surface area contributed by atoms with Gasteiger partial charge in [0.1, 0.15) is 0 Å². The van der Waals surface area contributed by atoms with Crippen LogP contribution < -0.4 is 14.9 Å². The molecule has 2 aromatic carbocycles. The van der Waals surface area contributed by atoms with E-state index in [9.17, 15) is 13.2 Å². The molecule has 0 radical (unpaired) electrons. The van der Waals surface area contributed by atoms with Crippen LogP contribution in [0.4, 0.5) is 11.4 Å². The summed E-state index contributed by atoms with van der Waals surface area (Å²) >= 11 is 6.16. The molecule has 0 aliphatic carbocycles. The number of ether oxygens (including phenoxy) is 1. The number of rotatable bonds is 8. The molecule has 162 valence electrons. The highest BCUT2D eigenvalue weighted by Gasteiger charge is 2.19. The first kappa shape index (κ1) is 22.6. The van der Waals surface area contributed by atoms with Gasteiger partial charge in [0.25, 0.3) is 5.91 Å². The van der Waals surface area contributed by atoms with Gasteiger partial charge in [-0.3, -0.25) is 4.79 Å². The van der Waals surface area contributed by atoms with Crippen molar-refractivity contribution < 1.29 is 17.9 Å². The fourth-order valence-electron chi connectivity index (χ4n) is 3.31. The fourth-order valence-corrected chi connectivity index (χ4v) is 4.56. The minimum atomic E-state index is -3.77. The Hall–Kier alpha value is -2.13. The first-order chi connectivity index (χ1) is 14.4. The first-order valence-electron chi connectivity index (χ1n) is 9.85. The number of sulfonamides is 1. The summed E-state index contributed by atoms with van der Waals surface area (Å²) in [4.78, 5) is 15.0. The van der Waals surface area contributed by atoms with E-state index in [1.165, 1.54) is 44.6 Å². The Bertz CT molecular complexity index is 974. The molecule has 0 spiro atoms. The molecule has 30 heavy (non-hydrogen) atoms. The second-order valence-electron chi connectivity index (χ2n) is 7.08. The van der Waals surface area contributed by atoms with Crippen LogP contribution in [0.15, 0.2) is 47.4 Å². The van der Waals surface area contributed by atoms with E-state index in [0.717, 1.165) is 18.8 Å². The third-order valence-electron chi connectivity index (χ3n) is 4.94. The maximum absolute atomic E-state index is 12.7. The van der Waals surface area contributed by atoms with Gasteiger partial charge in [-0.1, -0.05) is 11.6 Å². The Morgan fingerprint density at radius 3 is 2.47 bits per heavy atom. The number of halogens is 1. The van der Waals surface area contributed by atoms with Crippen LogP contribution >= 0.6 is 11.6 Å². The summed E-state index contributed by atoms with van der Waals surface area (Å²) in [5.74, 6) is -0.473. The number of nitrogens with one attached hydrogen (secondary N) is 2. The van der Waals surface area contributed by atoms with E-state index in [1.807, 2.05) is 24.3 Å². The zero-order valence-electron chi connectivity index (χ0n) is 16.9. The number of carbonyl (C=O) groups excluding carboxylic acids is 1. The van der Waals surface area contributed by atoms with Crippen LogP contribution in [0, 0.1) is 0 Å². The van der Waals surface area contributed by atoms with Gasteiger partial charge in [0, 0.05) is 38.1 Å². The van der Waals surface area contributed by atoms with Crippen molar-refractivity contribution in [3.05, 3.63) is 53.1 Å². The highest BCUT2D eigenvalue weighted by atomic mass is 35.5. The normalized spacial score (nSPS) is 14.5. The number of anilines is 2. The molecule has 1 fully saturated rings. The SMILES string of the molecule is COCCNS(=O)(=O)c1ccc(Cl)c(C(=O)Nc2ccc(N3CCCCC3)cc2)c1. The Morgan fingerprint density at radius 1 is 1.10 bits per heavy atom. The number of nitrogens with zero attached hydrogens (tertiary/aromatic N) is 1. The van der Waals surface area contributed by atoms with Crippen molar-refractivity contribution in [2.24, 2.45) is 0 Å². The molecule has 0 unspecified atom stereocenters. The lowest BCUT2D eigenvalue weighted by atomic mass is 10.1. The zero-order valence-corrected chi connectivity index (χ0v) is 18.4. The summed E-state index contributed by atoms with van der Waals surface area (Å²) < 4.78 is 32.1. The van der Waals surface area contributed by atoms with Crippen LogP contribution in [0.2, 0.25) is 5.02 Å². The fraction of sp³-hybridized carbons (Fsp3) is 0.381. The van der Waals surface area contributed by atoms with Crippen LogP contribution in [0.1, 0.15) is 29.6 Å². The number of methoxy groups -OCH3 is 1. The molecule has 9 heteroatoms. The minimum Gasteiger partial charge on any atom is -0.383 e. The van der Waals surface area contributed by atoms with E-state index in [0.29, 0.717) is 5.69 Å². The van der Waals surface area contributed by atoms with Crippen molar-refractivity contribution in [3.8, 4) is 0 Å². The third kappa shape index (κ3) is 5.72. The average molecular weight is 452 g/mol. The summed E-state index contributed by atoms with van der Waals surface area (Å²) in [7, 11) is -2.29. The number of benzene rings is 2. The summed E-state index contributed by atoms with van der Waals surface area (Å²) in [6, 6.07) is 11.7. The predicted octanol–water partition coefficient (Wildman–Crippen LogP) is 3.51. The molecule has 0 saturated carbocycles. The maximum atomic E-state index is 12.7. The molecular weight excluding hydrogens is 426 g/mol. The molecule has 1 saturated heterocycles. The molecule has 1 heterocycles. The van der Waals surface area contributed by atoms with Crippen LogP contribution in [0.3, 0.4) is 0 Å². The van der Waals surface area contributed by atoms with Gasteiger partial charge in [0.2, 0.25) is 10.0 Å². The number of hydrogen-bond acceptors (Lipinski definition) is 5. The van der Waals surface area contributed by atoms with Crippen molar-refractivity contribution in [2.75, 3.05) is 43.6 Å². The maximum Gasteiger partial charge on any atom is 0.257 e. The number of carbonyl (C=O) groups is 1. The van der Waals surface area contributed by atoms with Crippen molar-refractivity contribution in [1.29, 1.82) is 0 Å². The Balaban J connectivity index is 1.71. The molecule has 0 bridgehead atoms. The minimum absolute atomic E-state index is 0.0337. The molecular formula is C21H26ClN3O4S. The van der Waals surface area contributed by atoms with Gasteiger partial charge in [-0.15, -0.1) is 0 Å². The molecule has 0 atom stereocenters. The Kier molecular flexibility index (Phi) is 7.71. The lowest BCUT2D eigenvalue weighted by molar-refractivity contribution is 0.102. The molecule has 1 amide bonds. The summed E-state index contributed by atoms with van der Waals surface area (Å²) in [6.45, 7) is 2.46. The van der Waals surface area contributed by atoms with Crippen LogP contribution in [0.25, 0.3) is 0 Å². The Labute approximate surface area is 182 Å². The van der Waals surface area contributed by atoms with Gasteiger partial charge in [0.05, 0.1) is 22.1 Å². The molecule has 3 rings (SSSR count). The molecule has 0 aromatic heterocycles. The summed E-state index contributed by atoms with van der Waals surface area (Å²) in [5.41, 5.74) is 1.83. The summed E-state index contributed by atoms with van der Waals surface area (Å²) in [6.07, 6.45) is 3.65. The van der Waals surface area contributed by atoms with Gasteiger partial charge < -0.3 is 15.0 Å². The monoisotopic (exact) mass is 451 g/mol. The van der Waals surface area contributed by atoms with E-state index < -0.39 is 15.9 Å². The molecule has 2 N–H and O–H groups in total. The van der Waals surface area contributed by atoms with Crippen molar-refractivity contribution >= 4 is 38.9 Å². The first-order valence-corrected chi connectivity index (χ1v) is 11.7. The number of hydrogen-bond donors (Lipinski definition) is 2. The van der Waals surface area contributed by atoms with Crippen LogP contribution in [0.5, 0.6) is 0 Å². The van der Waals surface area contributed by atoms with E-state index in [-0.39, 0.29) is 28.6 Å². The van der Waals surface area contributed by atoms with E-state index in [1.54, 1.807) is 0 Å². The highest BCUT2D eigenvalue weighted by Crippen LogP contribution is 2.24. The zero-order chi connectivity index (χ0) is 21.6. The summed E-state index contributed by atoms with van der Waals surface area (Å²) in [5, 5.41) is 2.96. The molecule has 1 aliphatic rings. The lowest BCUT2D eigenvalue weighted by Crippen LogP contribution is -2.29. The quantitative estimate of drug-likeness (QED) is 0.599. The predicted molar refractivity (Wildman–Crippen MR) is 119 cm³/mol. The van der Waals surface area contributed by atoms with Gasteiger partial charge in [-0.05, 0) is 61.7 Å². The van der Waals surface area contributed by atoms with E-state index >= 15 is 0 Å². The lowest BCUT2D eigenvalue weighted by Gasteiger charge is -2.28. The second kappa shape index (κ2) is 10.3. The third-order valence-corrected chi connectivity index (χ3v) is 6.73. The van der Waals surface area contributed by atoms with Crippen molar-refractivity contribution in [1.82, 2.24) is 4.72 Å². The average Bonchev–Trinajstić information content (AvgIpc) is 2.75. The van der Waals surface area contributed by atoms with Gasteiger partial charge in [-0.25, -0.2) is 13.1 Å². The molecule has 7 nitrogen and oxygen atoms in total. The standard InChI is InChI=1S/C21H26ClN3O4S/c1-29-14-11-23-30(27,28)18-9-10-20(22)19(15-18)21(26)24-16-5-7-17(8-6-16)25-12-3-2-4-13-25/h5-10,15,23H,2-4,11-14H2,1H3,(H,24,26). The van der Waals surface area contributed by atoms with Crippen molar-refractivity contribution in [2.45, 2.75) is 24.2 Å². The highest BCUT2D eigenvalue weighted by molar-refractivity contribution is 7.89. The van der Waals surface area contributed by atoms with E-state index in [4.69, 9.17) is 16.3 Å². The molecule has 1 aliphatic heterocycles. The topological polar surface area (TPSA) is 87.7 Å². The van der Waals surface area contributed by atoms with E-state index in [2.05, 4.69) is 14.9 Å². The van der Waals surface area contributed by atoms with Gasteiger partial charge >= 0.3 is 0 Å². The number of piperidine rings is 1. The van der Waals surface area contributed by atoms with Gasteiger partial charge in [0.15, 0.2) is 0 Å². The van der Waals surface area contributed by atoms with Gasteiger partial charge in [-0.2, -0.15) is 0 Å². The Morgan fingerprint density at radius 2 is 1.80 bits per heavy atom. The molecule has 2 aromatic rings. The largest absolute Gasteiger partial charge is 0.383 e. The van der Waals surface area contributed by atoms with Crippen LogP contribution in [-0.2, 0) is 14.8 Å². The van der Waals surface area contributed by atoms with Crippen molar-refractivity contribution in [3.63, 3.8) is 0 Å². The number of amides is 1.